The Balaban J connectivity index is 0.000000980. The first-order valence-corrected chi connectivity index (χ1v) is 5.43. The lowest BCUT2D eigenvalue weighted by Gasteiger charge is -2.37. The van der Waals surface area contributed by atoms with Gasteiger partial charge in [-0.1, -0.05) is 6.08 Å². The predicted octanol–water partition coefficient (Wildman–Crippen LogP) is 1.94. The molecule has 0 aliphatic carbocycles. The lowest BCUT2D eigenvalue weighted by atomic mass is 9.98. The molecule has 82 valence electrons. The van der Waals surface area contributed by atoms with E-state index in [4.69, 9.17) is 5.73 Å². The first kappa shape index (κ1) is 12.0. The van der Waals surface area contributed by atoms with Gasteiger partial charge in [0.15, 0.2) is 0 Å². The Morgan fingerprint density at radius 1 is 1.29 bits per heavy atom. The maximum Gasteiger partial charge on any atom is 0.0114 e. The highest BCUT2D eigenvalue weighted by Gasteiger charge is 2.38. The third kappa shape index (κ3) is 2.30. The van der Waals surface area contributed by atoms with E-state index < -0.39 is 0 Å². The van der Waals surface area contributed by atoms with Crippen molar-refractivity contribution in [2.75, 3.05) is 6.54 Å². The largest absolute Gasteiger partial charge is 0.328 e. The molecular weight excluding hydrogens is 196 g/mol. The number of hydrogen-bond donors (Lipinski definition) is 1. The van der Waals surface area contributed by atoms with Gasteiger partial charge in [0.05, 0.1) is 0 Å². The van der Waals surface area contributed by atoms with Crippen molar-refractivity contribution in [2.45, 2.75) is 50.2 Å². The molecule has 1 unspecified atom stereocenters. The van der Waals surface area contributed by atoms with E-state index in [1.165, 1.54) is 32.2 Å². The number of nitrogens with two attached hydrogens (primary N) is 1. The summed E-state index contributed by atoms with van der Waals surface area (Å²) < 4.78 is 0. The van der Waals surface area contributed by atoms with E-state index in [1.54, 1.807) is 0 Å². The van der Waals surface area contributed by atoms with Gasteiger partial charge in [-0.15, -0.1) is 19.0 Å². The first-order valence-electron chi connectivity index (χ1n) is 5.43. The number of fused-ring (bicyclic) bond motifs is 2. The third-order valence-electron chi connectivity index (χ3n) is 3.51. The monoisotopic (exact) mass is 216 g/mol. The number of nitrogens with zero attached hydrogens (tertiary/aromatic N) is 1. The topological polar surface area (TPSA) is 29.3 Å². The van der Waals surface area contributed by atoms with Crippen LogP contribution < -0.4 is 5.73 Å². The zero-order valence-electron chi connectivity index (χ0n) is 8.69. The molecule has 2 heterocycles. The molecule has 2 rings (SSSR count). The van der Waals surface area contributed by atoms with Gasteiger partial charge in [0, 0.05) is 24.7 Å². The second-order valence-electron chi connectivity index (χ2n) is 4.43. The summed E-state index contributed by atoms with van der Waals surface area (Å²) in [5.74, 6) is 0. The van der Waals surface area contributed by atoms with Gasteiger partial charge in [-0.2, -0.15) is 0 Å². The molecule has 3 heteroatoms. The van der Waals surface area contributed by atoms with Gasteiger partial charge in [-0.05, 0) is 32.1 Å². The van der Waals surface area contributed by atoms with Gasteiger partial charge in [-0.25, -0.2) is 0 Å². The fraction of sp³-hybridized carbons (Fsp3) is 0.818. The Kier molecular flexibility index (Phi) is 4.42. The fourth-order valence-corrected chi connectivity index (χ4v) is 2.92. The minimum absolute atomic E-state index is 0. The van der Waals surface area contributed by atoms with E-state index in [1.807, 2.05) is 6.08 Å². The van der Waals surface area contributed by atoms with Crippen LogP contribution in [0.3, 0.4) is 0 Å². The van der Waals surface area contributed by atoms with E-state index in [2.05, 4.69) is 11.5 Å². The van der Waals surface area contributed by atoms with Crippen molar-refractivity contribution < 1.29 is 0 Å². The highest BCUT2D eigenvalue weighted by atomic mass is 35.5. The molecule has 0 aromatic rings. The predicted molar refractivity (Wildman–Crippen MR) is 62.8 cm³/mol. The zero-order chi connectivity index (χ0) is 9.26. The van der Waals surface area contributed by atoms with Crippen molar-refractivity contribution in [1.29, 1.82) is 0 Å². The average Bonchev–Trinajstić information content (AvgIpc) is 2.33. The second-order valence-corrected chi connectivity index (χ2v) is 4.43. The van der Waals surface area contributed by atoms with Crippen LogP contribution in [0, 0.1) is 0 Å². The quantitative estimate of drug-likeness (QED) is 0.731. The maximum absolute atomic E-state index is 6.00. The van der Waals surface area contributed by atoms with Crippen molar-refractivity contribution in [3.8, 4) is 0 Å². The number of piperidine rings is 1. The van der Waals surface area contributed by atoms with Crippen LogP contribution in [0.15, 0.2) is 12.7 Å². The Morgan fingerprint density at radius 3 is 2.36 bits per heavy atom. The Morgan fingerprint density at radius 2 is 1.86 bits per heavy atom. The molecule has 0 radical (unpaired) electrons. The molecule has 2 fully saturated rings. The van der Waals surface area contributed by atoms with Crippen LogP contribution in [0.4, 0.5) is 0 Å². The number of hydrogen-bond acceptors (Lipinski definition) is 2. The highest BCUT2D eigenvalue weighted by molar-refractivity contribution is 5.85. The third-order valence-corrected chi connectivity index (χ3v) is 3.51. The molecule has 0 amide bonds. The summed E-state index contributed by atoms with van der Waals surface area (Å²) >= 11 is 0. The normalized spacial score (nSPS) is 36.5. The van der Waals surface area contributed by atoms with Crippen molar-refractivity contribution in [3.05, 3.63) is 12.7 Å². The van der Waals surface area contributed by atoms with Crippen LogP contribution in [0.2, 0.25) is 0 Å². The van der Waals surface area contributed by atoms with Gasteiger partial charge in [0.25, 0.3) is 0 Å². The van der Waals surface area contributed by atoms with E-state index in [0.717, 1.165) is 18.5 Å². The molecular formula is C11H21ClN2. The van der Waals surface area contributed by atoms with Gasteiger partial charge in [-0.3, -0.25) is 4.90 Å². The maximum atomic E-state index is 6.00. The van der Waals surface area contributed by atoms with Gasteiger partial charge in [0.2, 0.25) is 0 Å². The molecule has 2 nitrogen and oxygen atoms in total. The molecule has 0 spiro atoms. The highest BCUT2D eigenvalue weighted by Crippen LogP contribution is 2.34. The minimum Gasteiger partial charge on any atom is -0.328 e. The van der Waals surface area contributed by atoms with Crippen molar-refractivity contribution in [3.63, 3.8) is 0 Å². The average molecular weight is 217 g/mol. The lowest BCUT2D eigenvalue weighted by Crippen LogP contribution is -2.47. The van der Waals surface area contributed by atoms with Gasteiger partial charge < -0.3 is 5.73 Å². The summed E-state index contributed by atoms with van der Waals surface area (Å²) in [6.45, 7) is 4.98. The lowest BCUT2D eigenvalue weighted by molar-refractivity contribution is 0.130. The number of halogens is 1. The summed E-state index contributed by atoms with van der Waals surface area (Å²) in [5.41, 5.74) is 6.00. The van der Waals surface area contributed by atoms with Crippen molar-refractivity contribution >= 4 is 12.4 Å². The van der Waals surface area contributed by atoms with Gasteiger partial charge >= 0.3 is 0 Å². The second kappa shape index (κ2) is 5.15. The summed E-state index contributed by atoms with van der Waals surface area (Å²) in [4.78, 5) is 2.66. The van der Waals surface area contributed by atoms with E-state index in [0.29, 0.717) is 6.04 Å². The molecule has 2 bridgehead atoms. The van der Waals surface area contributed by atoms with Crippen molar-refractivity contribution in [2.24, 2.45) is 5.73 Å². The number of rotatable bonds is 3. The summed E-state index contributed by atoms with van der Waals surface area (Å²) in [7, 11) is 0. The van der Waals surface area contributed by atoms with Crippen molar-refractivity contribution in [1.82, 2.24) is 4.90 Å². The van der Waals surface area contributed by atoms with Crippen LogP contribution in [0.5, 0.6) is 0 Å². The SMILES string of the molecule is C=CCCN1[C@@H]2CC[C@H]1CC(N)C2.Cl. The van der Waals surface area contributed by atoms with Crippen LogP contribution in [0.1, 0.15) is 32.1 Å². The molecule has 2 saturated heterocycles. The molecule has 2 aliphatic rings. The van der Waals surface area contributed by atoms with Crippen LogP contribution >= 0.6 is 12.4 Å². The van der Waals surface area contributed by atoms with Crippen LogP contribution in [0.25, 0.3) is 0 Å². The van der Waals surface area contributed by atoms with Crippen LogP contribution in [-0.4, -0.2) is 29.6 Å². The van der Waals surface area contributed by atoms with Gasteiger partial charge in [0.1, 0.15) is 0 Å². The molecule has 2 N–H and O–H groups in total. The summed E-state index contributed by atoms with van der Waals surface area (Å²) in [5, 5.41) is 0. The Bertz CT molecular complexity index is 182. The van der Waals surface area contributed by atoms with E-state index in [-0.39, 0.29) is 12.4 Å². The zero-order valence-corrected chi connectivity index (χ0v) is 9.51. The molecule has 0 aromatic heterocycles. The fourth-order valence-electron chi connectivity index (χ4n) is 2.92. The van der Waals surface area contributed by atoms with E-state index in [9.17, 15) is 0 Å². The molecule has 2 aliphatic heterocycles. The Labute approximate surface area is 92.9 Å². The standard InChI is InChI=1S/C11H20N2.ClH/c1-2-3-6-13-10-4-5-11(13)8-9(12)7-10;/h2,9-11H,1,3-8,12H2;1H/t9?,10-,11+;. The van der Waals surface area contributed by atoms with Crippen LogP contribution in [-0.2, 0) is 0 Å². The molecule has 14 heavy (non-hydrogen) atoms. The van der Waals surface area contributed by atoms with E-state index >= 15 is 0 Å². The molecule has 3 atom stereocenters. The smallest absolute Gasteiger partial charge is 0.0114 e. The summed E-state index contributed by atoms with van der Waals surface area (Å²) in [6, 6.07) is 2.04. The molecule has 0 saturated carbocycles. The summed E-state index contributed by atoms with van der Waals surface area (Å²) in [6.07, 6.45) is 8.32. The first-order chi connectivity index (χ1) is 6.31. The molecule has 0 aromatic carbocycles. The minimum atomic E-state index is 0. The Hall–Kier alpha value is -0.0500.